The molecule has 7 nitrogen and oxygen atoms in total. The second-order valence-electron chi connectivity index (χ2n) is 7.24. The van der Waals surface area contributed by atoms with E-state index in [0.29, 0.717) is 23.2 Å². The fourth-order valence-corrected chi connectivity index (χ4v) is 3.85. The predicted octanol–water partition coefficient (Wildman–Crippen LogP) is 3.91. The summed E-state index contributed by atoms with van der Waals surface area (Å²) >= 11 is 0. The minimum Gasteiger partial charge on any atom is -0.432 e. The zero-order chi connectivity index (χ0) is 19.8. The smallest absolute Gasteiger partial charge is 0.306 e. The number of benzene rings is 1. The van der Waals surface area contributed by atoms with Crippen LogP contribution in [0.3, 0.4) is 0 Å². The summed E-state index contributed by atoms with van der Waals surface area (Å²) in [5, 5.41) is 13.5. The Balaban J connectivity index is 1.56. The zero-order valence-electron chi connectivity index (χ0n) is 15.6. The summed E-state index contributed by atoms with van der Waals surface area (Å²) in [5.74, 6) is 0.574. The molecule has 3 aromatic heterocycles. The number of hydrogen-bond acceptors (Lipinski definition) is 6. The van der Waals surface area contributed by atoms with E-state index in [0.717, 1.165) is 36.9 Å². The summed E-state index contributed by atoms with van der Waals surface area (Å²) in [6.45, 7) is 0. The molecule has 148 valence electrons. The standard InChI is InChI=1S/C21H20FN5O2/c22-14-7-5-13(6-8-14)18-19(27-11-12-29-21(27)26-18)16-9-10-23-20(25-16)24-15-3-1-2-4-17(15)28/h5-12,15,17,28H,1-4H2,(H,23,24,25). The van der Waals surface area contributed by atoms with Crippen molar-refractivity contribution in [3.05, 3.63) is 54.8 Å². The van der Waals surface area contributed by atoms with Gasteiger partial charge in [-0.2, -0.15) is 4.98 Å². The van der Waals surface area contributed by atoms with Gasteiger partial charge < -0.3 is 14.8 Å². The quantitative estimate of drug-likeness (QED) is 0.547. The second kappa shape index (κ2) is 7.29. The number of nitrogens with one attached hydrogen (secondary N) is 1. The number of aliphatic hydroxyl groups excluding tert-OH is 1. The Morgan fingerprint density at radius 1 is 1.10 bits per heavy atom. The van der Waals surface area contributed by atoms with Gasteiger partial charge in [-0.15, -0.1) is 0 Å². The van der Waals surface area contributed by atoms with Gasteiger partial charge >= 0.3 is 5.84 Å². The number of rotatable bonds is 4. The van der Waals surface area contributed by atoms with E-state index >= 15 is 0 Å². The van der Waals surface area contributed by atoms with E-state index in [1.807, 2.05) is 0 Å². The Hall–Kier alpha value is -3.26. The van der Waals surface area contributed by atoms with E-state index in [4.69, 9.17) is 4.42 Å². The Morgan fingerprint density at radius 2 is 1.93 bits per heavy atom. The number of aliphatic hydroxyl groups is 1. The lowest BCUT2D eigenvalue weighted by Gasteiger charge is -2.28. The predicted molar refractivity (Wildman–Crippen MR) is 106 cm³/mol. The van der Waals surface area contributed by atoms with Crippen LogP contribution in [0.2, 0.25) is 0 Å². The maximum Gasteiger partial charge on any atom is 0.306 e. The molecule has 1 aromatic carbocycles. The Bertz CT molecular complexity index is 1140. The molecule has 4 aromatic rings. The minimum absolute atomic E-state index is 0.0602. The molecular weight excluding hydrogens is 373 g/mol. The summed E-state index contributed by atoms with van der Waals surface area (Å²) in [6.07, 6.45) is 8.37. The Morgan fingerprint density at radius 3 is 2.76 bits per heavy atom. The van der Waals surface area contributed by atoms with Crippen molar-refractivity contribution in [3.63, 3.8) is 0 Å². The molecule has 0 aliphatic heterocycles. The molecule has 1 aliphatic carbocycles. The van der Waals surface area contributed by atoms with Crippen molar-refractivity contribution in [2.24, 2.45) is 0 Å². The number of imidazole rings is 1. The summed E-state index contributed by atoms with van der Waals surface area (Å²) in [6, 6.07) is 7.90. The molecule has 1 aliphatic rings. The highest BCUT2D eigenvalue weighted by Gasteiger charge is 2.24. The Kier molecular flexibility index (Phi) is 4.48. The van der Waals surface area contributed by atoms with Crippen molar-refractivity contribution < 1.29 is 13.9 Å². The average molecular weight is 393 g/mol. The van der Waals surface area contributed by atoms with Crippen molar-refractivity contribution >= 4 is 11.8 Å². The van der Waals surface area contributed by atoms with Crippen LogP contribution < -0.4 is 5.32 Å². The van der Waals surface area contributed by atoms with Gasteiger partial charge in [-0.1, -0.05) is 12.8 Å². The molecular formula is C21H20FN5O2. The lowest BCUT2D eigenvalue weighted by Crippen LogP contribution is -2.36. The van der Waals surface area contributed by atoms with Gasteiger partial charge in [-0.25, -0.2) is 14.4 Å². The van der Waals surface area contributed by atoms with Crippen LogP contribution in [0.25, 0.3) is 28.5 Å². The van der Waals surface area contributed by atoms with E-state index in [2.05, 4.69) is 20.3 Å². The number of hydrogen-bond donors (Lipinski definition) is 2. The third-order valence-electron chi connectivity index (χ3n) is 5.32. The molecule has 29 heavy (non-hydrogen) atoms. The zero-order valence-corrected chi connectivity index (χ0v) is 15.6. The lowest BCUT2D eigenvalue weighted by atomic mass is 9.93. The van der Waals surface area contributed by atoms with Crippen LogP contribution in [-0.2, 0) is 0 Å². The third-order valence-corrected chi connectivity index (χ3v) is 5.32. The van der Waals surface area contributed by atoms with E-state index in [-0.39, 0.29) is 11.9 Å². The largest absolute Gasteiger partial charge is 0.432 e. The van der Waals surface area contributed by atoms with Crippen LogP contribution in [0.4, 0.5) is 10.3 Å². The van der Waals surface area contributed by atoms with E-state index in [1.165, 1.54) is 12.1 Å². The first kappa shape index (κ1) is 17.8. The molecule has 2 atom stereocenters. The molecule has 0 amide bonds. The number of anilines is 1. The lowest BCUT2D eigenvalue weighted by molar-refractivity contribution is 0.116. The van der Waals surface area contributed by atoms with Crippen LogP contribution in [-0.4, -0.2) is 36.6 Å². The fraction of sp³-hybridized carbons (Fsp3) is 0.286. The summed E-state index contributed by atoms with van der Waals surface area (Å²) in [4.78, 5) is 13.6. The van der Waals surface area contributed by atoms with E-state index in [9.17, 15) is 9.50 Å². The first-order valence-electron chi connectivity index (χ1n) is 9.68. The van der Waals surface area contributed by atoms with E-state index in [1.54, 1.807) is 41.3 Å². The molecule has 3 heterocycles. The monoisotopic (exact) mass is 393 g/mol. The van der Waals surface area contributed by atoms with Gasteiger partial charge in [0.05, 0.1) is 17.8 Å². The van der Waals surface area contributed by atoms with Crippen molar-refractivity contribution in [2.75, 3.05) is 5.32 Å². The van der Waals surface area contributed by atoms with Gasteiger partial charge in [0.15, 0.2) is 0 Å². The molecule has 0 radical (unpaired) electrons. The first-order chi connectivity index (χ1) is 14.2. The van der Waals surface area contributed by atoms with Crippen molar-refractivity contribution in [1.82, 2.24) is 19.4 Å². The average Bonchev–Trinajstić information content (AvgIpc) is 3.32. The summed E-state index contributed by atoms with van der Waals surface area (Å²) in [5.41, 5.74) is 2.79. The van der Waals surface area contributed by atoms with Gasteiger partial charge in [-0.05, 0) is 43.2 Å². The van der Waals surface area contributed by atoms with Crippen LogP contribution in [0, 0.1) is 5.82 Å². The first-order valence-corrected chi connectivity index (χ1v) is 9.68. The highest BCUT2D eigenvalue weighted by molar-refractivity contribution is 5.79. The highest BCUT2D eigenvalue weighted by Crippen LogP contribution is 2.32. The summed E-state index contributed by atoms with van der Waals surface area (Å²) < 4.78 is 20.6. The van der Waals surface area contributed by atoms with Crippen molar-refractivity contribution in [2.45, 2.75) is 37.8 Å². The van der Waals surface area contributed by atoms with E-state index < -0.39 is 6.10 Å². The second-order valence-corrected chi connectivity index (χ2v) is 7.24. The van der Waals surface area contributed by atoms with Crippen molar-refractivity contribution in [1.29, 1.82) is 0 Å². The number of halogens is 1. The molecule has 5 rings (SSSR count). The van der Waals surface area contributed by atoms with Gasteiger partial charge in [0.1, 0.15) is 23.5 Å². The van der Waals surface area contributed by atoms with Gasteiger partial charge in [0.25, 0.3) is 0 Å². The van der Waals surface area contributed by atoms with Crippen LogP contribution in [0.5, 0.6) is 0 Å². The highest BCUT2D eigenvalue weighted by atomic mass is 19.1. The molecule has 0 saturated heterocycles. The molecule has 1 saturated carbocycles. The third kappa shape index (κ3) is 3.36. The number of oxazole rings is 1. The minimum atomic E-state index is -0.402. The number of fused-ring (bicyclic) bond motifs is 1. The van der Waals surface area contributed by atoms with Gasteiger partial charge in [0, 0.05) is 18.0 Å². The van der Waals surface area contributed by atoms with Gasteiger partial charge in [0.2, 0.25) is 5.95 Å². The number of nitrogens with zero attached hydrogens (tertiary/aromatic N) is 4. The van der Waals surface area contributed by atoms with Gasteiger partial charge in [-0.3, -0.25) is 4.40 Å². The number of aromatic nitrogens is 4. The molecule has 1 fully saturated rings. The molecule has 0 bridgehead atoms. The summed E-state index contributed by atoms with van der Waals surface area (Å²) in [7, 11) is 0. The molecule has 8 heteroatoms. The maximum absolute atomic E-state index is 13.4. The fourth-order valence-electron chi connectivity index (χ4n) is 3.85. The van der Waals surface area contributed by atoms with Crippen LogP contribution in [0.1, 0.15) is 25.7 Å². The van der Waals surface area contributed by atoms with Crippen LogP contribution in [0.15, 0.2) is 53.4 Å². The molecule has 2 N–H and O–H groups in total. The van der Waals surface area contributed by atoms with Crippen LogP contribution >= 0.6 is 0 Å². The maximum atomic E-state index is 13.4. The Labute approximate surface area is 166 Å². The van der Waals surface area contributed by atoms with Crippen molar-refractivity contribution in [3.8, 4) is 22.6 Å². The molecule has 0 spiro atoms. The topological polar surface area (TPSA) is 88.5 Å². The molecule has 2 unspecified atom stereocenters. The SMILES string of the molecule is OC1CCCCC1Nc1nccc(-c2c(-c3ccc(F)cc3)nc3occn23)n1. The normalized spacial score (nSPS) is 19.5.